The van der Waals surface area contributed by atoms with E-state index in [1.54, 1.807) is 17.2 Å². The largest absolute Gasteiger partial charge is 0.378 e. The molecule has 2 aliphatic carbocycles. The highest BCUT2D eigenvalue weighted by Crippen LogP contribution is 2.39. The quantitative estimate of drug-likeness (QED) is 0.595. The van der Waals surface area contributed by atoms with Gasteiger partial charge in [0.05, 0.1) is 24.9 Å². The molecule has 3 heterocycles. The summed E-state index contributed by atoms with van der Waals surface area (Å²) in [5, 5.41) is 0.868. The zero-order chi connectivity index (χ0) is 23.5. The number of ether oxygens (including phenoxy) is 1. The fourth-order valence-electron chi connectivity index (χ4n) is 4.92. The Hall–Kier alpha value is -2.83. The second-order valence-electron chi connectivity index (χ2n) is 9.02. The van der Waals surface area contributed by atoms with Gasteiger partial charge < -0.3 is 9.64 Å². The third-order valence-electron chi connectivity index (χ3n) is 6.81. The molecule has 2 unspecified atom stereocenters. The molecule has 5 rings (SSSR count). The Balaban J connectivity index is 1.31. The maximum atomic E-state index is 12.7. The van der Waals surface area contributed by atoms with Gasteiger partial charge in [-0.15, -0.1) is 0 Å². The summed E-state index contributed by atoms with van der Waals surface area (Å²) < 4.78 is 5.33. The number of hydrogen-bond donors (Lipinski definition) is 0. The van der Waals surface area contributed by atoms with E-state index in [1.807, 2.05) is 19.2 Å². The highest BCUT2D eigenvalue weighted by atomic mass is 35.5. The number of halogens is 1. The lowest BCUT2D eigenvalue weighted by Crippen LogP contribution is -2.41. The van der Waals surface area contributed by atoms with Crippen LogP contribution in [0, 0.1) is 0 Å². The summed E-state index contributed by atoms with van der Waals surface area (Å²) in [6, 6.07) is 5.93. The molecular formula is C27H29ClN4O2. The van der Waals surface area contributed by atoms with E-state index in [9.17, 15) is 4.79 Å². The maximum Gasteiger partial charge on any atom is 0.272 e. The van der Waals surface area contributed by atoms with Crippen LogP contribution in [0.1, 0.15) is 65.0 Å². The van der Waals surface area contributed by atoms with Crippen LogP contribution in [0.5, 0.6) is 0 Å². The number of amides is 1. The fourth-order valence-corrected chi connectivity index (χ4v) is 5.20. The molecule has 1 saturated heterocycles. The molecule has 34 heavy (non-hydrogen) atoms. The standard InChI is InChI=1S/C27H29ClN4O2/c1-18(20-6-9-25(30-17-20)27(33)32-12-14-34-15-13-32)31-21-7-8-24(28)23(16-21)26-22-5-3-2-4-19(22)10-11-29-26/h2,4,6,8-11,17,21,23H,3,5,7,12-16H2,1H3. The van der Waals surface area contributed by atoms with Gasteiger partial charge in [0, 0.05) is 47.7 Å². The minimum absolute atomic E-state index is 0.0483. The van der Waals surface area contributed by atoms with E-state index in [-0.39, 0.29) is 17.9 Å². The summed E-state index contributed by atoms with van der Waals surface area (Å²) in [7, 11) is 0. The Morgan fingerprint density at radius 3 is 2.85 bits per heavy atom. The Morgan fingerprint density at radius 2 is 2.06 bits per heavy atom. The molecule has 2 aromatic heterocycles. The van der Waals surface area contributed by atoms with Crippen molar-refractivity contribution in [2.75, 3.05) is 26.3 Å². The third kappa shape index (κ3) is 4.84. The van der Waals surface area contributed by atoms with Gasteiger partial charge in [0.2, 0.25) is 0 Å². The van der Waals surface area contributed by atoms with Crippen LogP contribution in [0.2, 0.25) is 0 Å². The molecule has 2 atom stereocenters. The number of aromatic nitrogens is 2. The van der Waals surface area contributed by atoms with Gasteiger partial charge in [-0.2, -0.15) is 0 Å². The van der Waals surface area contributed by atoms with Crippen molar-refractivity contribution in [1.82, 2.24) is 14.9 Å². The first-order chi connectivity index (χ1) is 16.6. The van der Waals surface area contributed by atoms with E-state index < -0.39 is 0 Å². The highest BCUT2D eigenvalue weighted by molar-refractivity contribution is 6.30. The van der Waals surface area contributed by atoms with Crippen molar-refractivity contribution >= 4 is 29.3 Å². The number of aliphatic imine (C=N–C) groups is 1. The van der Waals surface area contributed by atoms with Crippen LogP contribution in [0.25, 0.3) is 6.08 Å². The van der Waals surface area contributed by atoms with Gasteiger partial charge in [0.25, 0.3) is 5.91 Å². The van der Waals surface area contributed by atoms with Crippen LogP contribution in [-0.2, 0) is 11.2 Å². The lowest BCUT2D eigenvalue weighted by Gasteiger charge is -2.28. The molecule has 0 saturated carbocycles. The number of carbonyl (C=O) groups is 1. The number of carbonyl (C=O) groups excluding carboxylic acids is 1. The predicted octanol–water partition coefficient (Wildman–Crippen LogP) is 4.79. The number of allylic oxidation sites excluding steroid dienone is 2. The molecular weight excluding hydrogens is 448 g/mol. The molecule has 1 amide bonds. The lowest BCUT2D eigenvalue weighted by atomic mass is 9.84. The SMILES string of the molecule is CC(=NC1CC=C(Cl)C(c2nccc3c2CCC=C3)C1)c1ccc(C(=O)N2CCOCC2)nc1. The maximum absolute atomic E-state index is 12.7. The molecule has 1 fully saturated rings. The zero-order valence-electron chi connectivity index (χ0n) is 19.4. The molecule has 0 N–H and O–H groups in total. The Morgan fingerprint density at radius 1 is 1.21 bits per heavy atom. The summed E-state index contributed by atoms with van der Waals surface area (Å²) in [6.07, 6.45) is 13.8. The van der Waals surface area contributed by atoms with Crippen molar-refractivity contribution in [3.05, 3.63) is 75.9 Å². The number of nitrogens with zero attached hydrogens (tertiary/aromatic N) is 4. The fraction of sp³-hybridized carbons (Fsp3) is 0.407. The second kappa shape index (κ2) is 10.2. The van der Waals surface area contributed by atoms with Crippen LogP contribution in [0.3, 0.4) is 0 Å². The first-order valence-electron chi connectivity index (χ1n) is 12.0. The third-order valence-corrected chi connectivity index (χ3v) is 7.23. The van der Waals surface area contributed by atoms with Crippen LogP contribution < -0.4 is 0 Å². The van der Waals surface area contributed by atoms with Gasteiger partial charge in [-0.05, 0) is 61.9 Å². The van der Waals surface area contributed by atoms with Crippen molar-refractivity contribution in [2.45, 2.75) is 44.6 Å². The topological polar surface area (TPSA) is 67.7 Å². The van der Waals surface area contributed by atoms with Gasteiger partial charge >= 0.3 is 0 Å². The smallest absolute Gasteiger partial charge is 0.272 e. The van der Waals surface area contributed by atoms with Crippen LogP contribution >= 0.6 is 11.6 Å². The molecule has 7 heteroatoms. The van der Waals surface area contributed by atoms with E-state index in [4.69, 9.17) is 26.3 Å². The molecule has 2 aromatic rings. The first-order valence-corrected chi connectivity index (χ1v) is 12.4. The first kappa shape index (κ1) is 22.9. The molecule has 3 aliphatic rings. The number of hydrogen-bond acceptors (Lipinski definition) is 5. The molecule has 6 nitrogen and oxygen atoms in total. The normalized spacial score (nSPS) is 22.8. The minimum atomic E-state index is -0.0483. The van der Waals surface area contributed by atoms with Gasteiger partial charge in [-0.3, -0.25) is 19.8 Å². The van der Waals surface area contributed by atoms with E-state index in [1.165, 1.54) is 11.1 Å². The van der Waals surface area contributed by atoms with Gasteiger partial charge in [-0.25, -0.2) is 0 Å². The molecule has 0 aromatic carbocycles. The Kier molecular flexibility index (Phi) is 6.88. The molecule has 0 bridgehead atoms. The molecule has 0 spiro atoms. The predicted molar refractivity (Wildman–Crippen MR) is 134 cm³/mol. The molecule has 176 valence electrons. The van der Waals surface area contributed by atoms with Crippen LogP contribution in [0.15, 0.2) is 52.8 Å². The number of fused-ring (bicyclic) bond motifs is 1. The molecule has 0 radical (unpaired) electrons. The van der Waals surface area contributed by atoms with Crippen molar-refractivity contribution < 1.29 is 9.53 Å². The number of pyridine rings is 2. The monoisotopic (exact) mass is 476 g/mol. The van der Waals surface area contributed by atoms with Crippen LogP contribution in [0.4, 0.5) is 0 Å². The summed E-state index contributed by atoms with van der Waals surface area (Å²) in [6.45, 7) is 4.38. The van der Waals surface area contributed by atoms with E-state index in [0.29, 0.717) is 32.0 Å². The summed E-state index contributed by atoms with van der Waals surface area (Å²) in [5.41, 5.74) is 5.95. The van der Waals surface area contributed by atoms with Gasteiger partial charge in [0.1, 0.15) is 5.69 Å². The lowest BCUT2D eigenvalue weighted by molar-refractivity contribution is 0.0299. The highest BCUT2D eigenvalue weighted by Gasteiger charge is 2.28. The zero-order valence-corrected chi connectivity index (χ0v) is 20.2. The van der Waals surface area contributed by atoms with Gasteiger partial charge in [0.15, 0.2) is 0 Å². The van der Waals surface area contributed by atoms with E-state index >= 15 is 0 Å². The number of morpholine rings is 1. The number of rotatable bonds is 4. The summed E-state index contributed by atoms with van der Waals surface area (Å²) in [5.74, 6) is 0.0259. The second-order valence-corrected chi connectivity index (χ2v) is 9.46. The average molecular weight is 477 g/mol. The van der Waals surface area contributed by atoms with Crippen LogP contribution in [-0.4, -0.2) is 58.8 Å². The van der Waals surface area contributed by atoms with Gasteiger partial charge in [-0.1, -0.05) is 29.8 Å². The van der Waals surface area contributed by atoms with Crippen molar-refractivity contribution in [2.24, 2.45) is 4.99 Å². The Labute approximate surface area is 205 Å². The molecule has 1 aliphatic heterocycles. The van der Waals surface area contributed by atoms with E-state index in [0.717, 1.165) is 47.7 Å². The minimum Gasteiger partial charge on any atom is -0.378 e. The van der Waals surface area contributed by atoms with Crippen molar-refractivity contribution in [3.63, 3.8) is 0 Å². The average Bonchev–Trinajstić information content (AvgIpc) is 2.89. The summed E-state index contributed by atoms with van der Waals surface area (Å²) >= 11 is 6.69. The van der Waals surface area contributed by atoms with Crippen molar-refractivity contribution in [1.29, 1.82) is 0 Å². The summed E-state index contributed by atoms with van der Waals surface area (Å²) in [4.78, 5) is 28.6. The van der Waals surface area contributed by atoms with Crippen molar-refractivity contribution in [3.8, 4) is 0 Å². The van der Waals surface area contributed by atoms with E-state index in [2.05, 4.69) is 29.3 Å². The Bertz CT molecular complexity index is 1150.